The summed E-state index contributed by atoms with van der Waals surface area (Å²) in [5, 5.41) is 0. The smallest absolute Gasteiger partial charge is 0.387 e. The fourth-order valence-electron chi connectivity index (χ4n) is 4.00. The molecular weight excluding hydrogens is 448 g/mol. The lowest BCUT2D eigenvalue weighted by Gasteiger charge is -2.37. The second-order valence-electron chi connectivity index (χ2n) is 8.27. The van der Waals surface area contributed by atoms with Crippen LogP contribution in [0.15, 0.2) is 48.5 Å². The van der Waals surface area contributed by atoms with Crippen LogP contribution in [0.1, 0.15) is 5.56 Å². The van der Waals surface area contributed by atoms with Gasteiger partial charge in [0.2, 0.25) is 12.0 Å². The Kier molecular flexibility index (Phi) is 7.46. The van der Waals surface area contributed by atoms with E-state index in [-0.39, 0.29) is 30.7 Å². The van der Waals surface area contributed by atoms with Crippen LogP contribution >= 0.6 is 0 Å². The van der Waals surface area contributed by atoms with Crippen LogP contribution in [0.5, 0.6) is 17.2 Å². The zero-order valence-electron chi connectivity index (χ0n) is 18.9. The largest absolute Gasteiger partial charge is 0.485 e. The van der Waals surface area contributed by atoms with E-state index in [1.54, 1.807) is 34.1 Å². The van der Waals surface area contributed by atoms with Gasteiger partial charge in [-0.15, -0.1) is 0 Å². The first-order valence-corrected chi connectivity index (χ1v) is 11.1. The molecule has 2 heterocycles. The van der Waals surface area contributed by atoms with E-state index in [0.717, 1.165) is 5.56 Å². The molecule has 0 aromatic heterocycles. The number of ether oxygens (including phenoxy) is 3. The minimum absolute atomic E-state index is 0.0292. The van der Waals surface area contributed by atoms with Crippen molar-refractivity contribution in [3.8, 4) is 17.2 Å². The summed E-state index contributed by atoms with van der Waals surface area (Å²) in [5.74, 6) is 1.11. The summed E-state index contributed by atoms with van der Waals surface area (Å²) in [6.07, 6.45) is -0.694. The molecule has 0 spiro atoms. The van der Waals surface area contributed by atoms with Gasteiger partial charge < -0.3 is 24.0 Å². The predicted octanol–water partition coefficient (Wildman–Crippen LogP) is 2.23. The predicted molar refractivity (Wildman–Crippen MR) is 119 cm³/mol. The standard InChI is InChI=1S/C24H27F2N3O5/c1-27(14-17-6-8-18(9-7-17)33-24(25)26)15-22(30)28-10-12-29(13-11-28)23(31)21-16-32-19-4-2-3-5-20(19)34-21/h2-9,21,24H,10-16H2,1H3. The van der Waals surface area contributed by atoms with Crippen LogP contribution in [-0.4, -0.2) is 85.6 Å². The van der Waals surface area contributed by atoms with Gasteiger partial charge in [-0.05, 0) is 36.9 Å². The van der Waals surface area contributed by atoms with E-state index >= 15 is 0 Å². The normalized spacial score (nSPS) is 17.7. The SMILES string of the molecule is CN(CC(=O)N1CCN(C(=O)C2COc3ccccc3O2)CC1)Cc1ccc(OC(F)F)cc1. The van der Waals surface area contributed by atoms with Crippen LogP contribution in [-0.2, 0) is 16.1 Å². The Hall–Kier alpha value is -3.40. The van der Waals surface area contributed by atoms with Crippen LogP contribution in [0.3, 0.4) is 0 Å². The van der Waals surface area contributed by atoms with Gasteiger partial charge in [-0.3, -0.25) is 14.5 Å². The Morgan fingerprint density at radius 3 is 2.35 bits per heavy atom. The molecule has 34 heavy (non-hydrogen) atoms. The quantitative estimate of drug-likeness (QED) is 0.612. The summed E-state index contributed by atoms with van der Waals surface area (Å²) in [6.45, 7) is -0.246. The van der Waals surface area contributed by atoms with E-state index in [4.69, 9.17) is 9.47 Å². The number of hydrogen-bond donors (Lipinski definition) is 0. The maximum Gasteiger partial charge on any atom is 0.387 e. The van der Waals surface area contributed by atoms with Crippen LogP contribution in [0.2, 0.25) is 0 Å². The first-order chi connectivity index (χ1) is 16.4. The molecule has 1 atom stereocenters. The number of para-hydroxylation sites is 2. The van der Waals surface area contributed by atoms with E-state index in [0.29, 0.717) is 44.2 Å². The molecule has 2 aliphatic heterocycles. The number of fused-ring (bicyclic) bond motifs is 1. The van der Waals surface area contributed by atoms with Crippen molar-refractivity contribution in [2.75, 3.05) is 46.4 Å². The van der Waals surface area contributed by atoms with Gasteiger partial charge in [-0.2, -0.15) is 8.78 Å². The maximum atomic E-state index is 12.9. The van der Waals surface area contributed by atoms with Gasteiger partial charge in [0.25, 0.3) is 5.91 Å². The zero-order chi connectivity index (χ0) is 24.1. The minimum Gasteiger partial charge on any atom is -0.485 e. The highest BCUT2D eigenvalue weighted by Gasteiger charge is 2.33. The number of likely N-dealkylation sites (N-methyl/N-ethyl adjacent to an activating group) is 1. The number of alkyl halides is 2. The van der Waals surface area contributed by atoms with Crippen molar-refractivity contribution < 1.29 is 32.6 Å². The molecule has 0 radical (unpaired) electrons. The second-order valence-corrected chi connectivity index (χ2v) is 8.27. The van der Waals surface area contributed by atoms with Crippen molar-refractivity contribution in [3.05, 3.63) is 54.1 Å². The lowest BCUT2D eigenvalue weighted by Crippen LogP contribution is -2.56. The average Bonchev–Trinajstić information content (AvgIpc) is 2.84. The number of piperazine rings is 1. The number of carbonyl (C=O) groups excluding carboxylic acids is 2. The fourth-order valence-corrected chi connectivity index (χ4v) is 4.00. The monoisotopic (exact) mass is 475 g/mol. The molecule has 0 saturated carbocycles. The number of hydrogen-bond acceptors (Lipinski definition) is 6. The van der Waals surface area contributed by atoms with E-state index in [2.05, 4.69) is 4.74 Å². The molecule has 2 amide bonds. The summed E-state index contributed by atoms with van der Waals surface area (Å²) in [4.78, 5) is 30.9. The van der Waals surface area contributed by atoms with Gasteiger partial charge in [0, 0.05) is 32.7 Å². The van der Waals surface area contributed by atoms with Gasteiger partial charge in [0.05, 0.1) is 6.54 Å². The van der Waals surface area contributed by atoms with Crippen LogP contribution in [0, 0.1) is 0 Å². The Bertz CT molecular complexity index is 996. The first-order valence-electron chi connectivity index (χ1n) is 11.1. The second kappa shape index (κ2) is 10.7. The number of rotatable bonds is 7. The number of carbonyl (C=O) groups is 2. The van der Waals surface area contributed by atoms with Crippen LogP contribution in [0.4, 0.5) is 8.78 Å². The van der Waals surface area contributed by atoms with E-state index < -0.39 is 12.7 Å². The third-order valence-electron chi connectivity index (χ3n) is 5.73. The maximum absolute atomic E-state index is 12.9. The van der Waals surface area contributed by atoms with E-state index in [1.807, 2.05) is 24.1 Å². The fraction of sp³-hybridized carbons (Fsp3) is 0.417. The summed E-state index contributed by atoms with van der Waals surface area (Å²) >= 11 is 0. The van der Waals surface area contributed by atoms with Gasteiger partial charge in [0.1, 0.15) is 12.4 Å². The molecule has 2 aliphatic rings. The minimum atomic E-state index is -2.86. The summed E-state index contributed by atoms with van der Waals surface area (Å²) in [5.41, 5.74) is 0.878. The van der Waals surface area contributed by atoms with Crippen molar-refractivity contribution >= 4 is 11.8 Å². The highest BCUT2D eigenvalue weighted by molar-refractivity contribution is 5.83. The number of halogens is 2. The van der Waals surface area contributed by atoms with E-state index in [9.17, 15) is 18.4 Å². The van der Waals surface area contributed by atoms with Crippen molar-refractivity contribution in [1.29, 1.82) is 0 Å². The molecule has 0 N–H and O–H groups in total. The number of amides is 2. The summed E-state index contributed by atoms with van der Waals surface area (Å²) < 4.78 is 40.3. The van der Waals surface area contributed by atoms with Crippen molar-refractivity contribution in [1.82, 2.24) is 14.7 Å². The zero-order valence-corrected chi connectivity index (χ0v) is 18.9. The highest BCUT2D eigenvalue weighted by atomic mass is 19.3. The van der Waals surface area contributed by atoms with Crippen molar-refractivity contribution in [2.24, 2.45) is 0 Å². The van der Waals surface area contributed by atoms with Crippen LogP contribution in [0.25, 0.3) is 0 Å². The molecule has 1 unspecified atom stereocenters. The molecule has 0 bridgehead atoms. The Morgan fingerprint density at radius 1 is 1.03 bits per heavy atom. The van der Waals surface area contributed by atoms with Crippen molar-refractivity contribution in [3.63, 3.8) is 0 Å². The molecule has 4 rings (SSSR count). The summed E-state index contributed by atoms with van der Waals surface area (Å²) in [7, 11) is 1.82. The molecule has 0 aliphatic carbocycles. The van der Waals surface area contributed by atoms with Gasteiger partial charge >= 0.3 is 6.61 Å². The summed E-state index contributed by atoms with van der Waals surface area (Å²) in [6, 6.07) is 13.6. The average molecular weight is 475 g/mol. The molecule has 2 aromatic carbocycles. The number of nitrogens with zero attached hydrogens (tertiary/aromatic N) is 3. The third kappa shape index (κ3) is 5.93. The highest BCUT2D eigenvalue weighted by Crippen LogP contribution is 2.31. The van der Waals surface area contributed by atoms with Gasteiger partial charge in [0.15, 0.2) is 11.5 Å². The molecule has 1 fully saturated rings. The van der Waals surface area contributed by atoms with Gasteiger partial charge in [-0.25, -0.2) is 0 Å². The Morgan fingerprint density at radius 2 is 1.68 bits per heavy atom. The third-order valence-corrected chi connectivity index (χ3v) is 5.73. The van der Waals surface area contributed by atoms with Crippen molar-refractivity contribution in [2.45, 2.75) is 19.3 Å². The molecule has 8 nitrogen and oxygen atoms in total. The molecule has 2 aromatic rings. The molecule has 1 saturated heterocycles. The van der Waals surface area contributed by atoms with Crippen LogP contribution < -0.4 is 14.2 Å². The Balaban J connectivity index is 1.21. The lowest BCUT2D eigenvalue weighted by atomic mass is 10.2. The first kappa shape index (κ1) is 23.7. The van der Waals surface area contributed by atoms with E-state index in [1.165, 1.54) is 12.1 Å². The number of benzene rings is 2. The molecule has 10 heteroatoms. The molecule has 182 valence electrons. The lowest BCUT2D eigenvalue weighted by molar-refractivity contribution is -0.146. The Labute approximate surface area is 196 Å². The topological polar surface area (TPSA) is 71.6 Å². The van der Waals surface area contributed by atoms with Gasteiger partial charge in [-0.1, -0.05) is 24.3 Å². The molecular formula is C24H27F2N3O5.